The average Bonchev–Trinajstić information content (AvgIpc) is 3.17. The quantitative estimate of drug-likeness (QED) is 0.670. The zero-order chi connectivity index (χ0) is 17.2. The number of carbonyl (C=O) groups excluding carboxylic acids is 1. The zero-order valence-corrected chi connectivity index (χ0v) is 14.4. The lowest BCUT2D eigenvalue weighted by Crippen LogP contribution is -2.26. The summed E-state index contributed by atoms with van der Waals surface area (Å²) in [6.07, 6.45) is 3.69. The van der Waals surface area contributed by atoms with E-state index in [4.69, 9.17) is 4.74 Å². The van der Waals surface area contributed by atoms with Crippen molar-refractivity contribution in [3.05, 3.63) is 80.4 Å². The third-order valence-corrected chi connectivity index (χ3v) is 5.27. The summed E-state index contributed by atoms with van der Waals surface area (Å²) < 4.78 is 7.33. The lowest BCUT2D eigenvalue weighted by Gasteiger charge is -2.23. The molecular weight excluding hydrogens is 334 g/mol. The summed E-state index contributed by atoms with van der Waals surface area (Å²) in [5.41, 5.74) is 2.61. The van der Waals surface area contributed by atoms with Crippen molar-refractivity contribution >= 4 is 17.3 Å². The number of para-hydroxylation sites is 1. The average molecular weight is 351 g/mol. The third-order valence-electron chi connectivity index (χ3n) is 4.42. The highest BCUT2D eigenvalue weighted by Gasteiger charge is 2.22. The fourth-order valence-electron chi connectivity index (χ4n) is 3.29. The molecule has 126 valence electrons. The van der Waals surface area contributed by atoms with Crippen molar-refractivity contribution in [2.75, 3.05) is 0 Å². The van der Waals surface area contributed by atoms with Gasteiger partial charge in [0, 0.05) is 23.0 Å². The van der Waals surface area contributed by atoms with Gasteiger partial charge in [-0.15, -0.1) is 11.3 Å². The summed E-state index contributed by atoms with van der Waals surface area (Å²) >= 11 is 1.33. The SMILES string of the molecule is O=C(Oc1cc(=O)n(-c2ccccc2)c2c1CCCC2)c1cccs1. The summed E-state index contributed by atoms with van der Waals surface area (Å²) in [6, 6.07) is 14.6. The molecule has 2 heterocycles. The van der Waals surface area contributed by atoms with Crippen LogP contribution in [0.5, 0.6) is 5.75 Å². The van der Waals surface area contributed by atoms with E-state index in [0.717, 1.165) is 42.6 Å². The van der Waals surface area contributed by atoms with Gasteiger partial charge in [-0.25, -0.2) is 4.79 Å². The molecule has 0 atom stereocenters. The molecule has 1 aliphatic carbocycles. The third kappa shape index (κ3) is 3.03. The number of rotatable bonds is 3. The Labute approximate surface area is 149 Å². The zero-order valence-electron chi connectivity index (χ0n) is 13.6. The van der Waals surface area contributed by atoms with Crippen molar-refractivity contribution in [3.8, 4) is 11.4 Å². The molecule has 0 fully saturated rings. The van der Waals surface area contributed by atoms with Crippen molar-refractivity contribution in [1.82, 2.24) is 4.57 Å². The molecule has 0 saturated carbocycles. The molecule has 0 radical (unpaired) electrons. The fourth-order valence-corrected chi connectivity index (χ4v) is 3.89. The Kier molecular flexibility index (Phi) is 4.24. The number of pyridine rings is 1. The predicted molar refractivity (Wildman–Crippen MR) is 98.0 cm³/mol. The summed E-state index contributed by atoms with van der Waals surface area (Å²) in [7, 11) is 0. The van der Waals surface area contributed by atoms with Gasteiger partial charge in [0.15, 0.2) is 0 Å². The van der Waals surface area contributed by atoms with Crippen molar-refractivity contribution < 1.29 is 9.53 Å². The molecule has 2 aromatic heterocycles. The van der Waals surface area contributed by atoms with Gasteiger partial charge >= 0.3 is 5.97 Å². The Bertz CT molecular complexity index is 959. The van der Waals surface area contributed by atoms with Crippen LogP contribution >= 0.6 is 11.3 Å². The topological polar surface area (TPSA) is 48.3 Å². The Balaban J connectivity index is 1.81. The number of benzene rings is 1. The Morgan fingerprint density at radius 1 is 1.04 bits per heavy atom. The Hall–Kier alpha value is -2.66. The minimum atomic E-state index is -0.403. The van der Waals surface area contributed by atoms with Gasteiger partial charge in [0.2, 0.25) is 0 Å². The second-order valence-corrected chi connectivity index (χ2v) is 6.96. The van der Waals surface area contributed by atoms with Gasteiger partial charge in [0.1, 0.15) is 10.6 Å². The molecular formula is C20H17NO3S. The first-order chi connectivity index (χ1) is 12.2. The highest BCUT2D eigenvalue weighted by Crippen LogP contribution is 2.30. The van der Waals surface area contributed by atoms with E-state index in [1.54, 1.807) is 10.6 Å². The second kappa shape index (κ2) is 6.69. The number of hydrogen-bond donors (Lipinski definition) is 0. The van der Waals surface area contributed by atoms with Crippen LogP contribution in [0.2, 0.25) is 0 Å². The number of carbonyl (C=O) groups is 1. The molecule has 0 bridgehead atoms. The van der Waals surface area contributed by atoms with Crippen LogP contribution in [0.4, 0.5) is 0 Å². The minimum absolute atomic E-state index is 0.166. The molecule has 25 heavy (non-hydrogen) atoms. The molecule has 0 N–H and O–H groups in total. The van der Waals surface area contributed by atoms with Gasteiger partial charge in [-0.1, -0.05) is 24.3 Å². The van der Waals surface area contributed by atoms with E-state index in [0.29, 0.717) is 10.6 Å². The van der Waals surface area contributed by atoms with E-state index in [1.165, 1.54) is 17.4 Å². The van der Waals surface area contributed by atoms with E-state index in [-0.39, 0.29) is 5.56 Å². The number of thiophene rings is 1. The number of aromatic nitrogens is 1. The molecule has 1 aromatic carbocycles. The van der Waals surface area contributed by atoms with Gasteiger partial charge in [-0.05, 0) is 49.3 Å². The summed E-state index contributed by atoms with van der Waals surface area (Å²) in [4.78, 5) is 25.6. The van der Waals surface area contributed by atoms with Crippen LogP contribution in [-0.2, 0) is 12.8 Å². The Morgan fingerprint density at radius 3 is 2.60 bits per heavy atom. The molecule has 5 heteroatoms. The number of nitrogens with zero attached hydrogens (tertiary/aromatic N) is 1. The maximum Gasteiger partial charge on any atom is 0.353 e. The lowest BCUT2D eigenvalue weighted by atomic mass is 9.94. The van der Waals surface area contributed by atoms with Crippen LogP contribution in [-0.4, -0.2) is 10.5 Å². The number of hydrogen-bond acceptors (Lipinski definition) is 4. The van der Waals surface area contributed by atoms with Gasteiger partial charge in [-0.3, -0.25) is 9.36 Å². The van der Waals surface area contributed by atoms with Gasteiger partial charge in [0.25, 0.3) is 5.56 Å². The van der Waals surface area contributed by atoms with Crippen LogP contribution in [0.15, 0.2) is 58.7 Å². The normalized spacial score (nSPS) is 13.3. The first kappa shape index (κ1) is 15.8. The Morgan fingerprint density at radius 2 is 1.84 bits per heavy atom. The minimum Gasteiger partial charge on any atom is -0.422 e. The van der Waals surface area contributed by atoms with Gasteiger partial charge in [0.05, 0.1) is 0 Å². The van der Waals surface area contributed by atoms with E-state index in [9.17, 15) is 9.59 Å². The first-order valence-corrected chi connectivity index (χ1v) is 9.21. The smallest absolute Gasteiger partial charge is 0.353 e. The first-order valence-electron chi connectivity index (χ1n) is 8.33. The maximum absolute atomic E-state index is 12.8. The lowest BCUT2D eigenvalue weighted by molar-refractivity contribution is 0.0737. The van der Waals surface area contributed by atoms with Crippen LogP contribution < -0.4 is 10.3 Å². The highest BCUT2D eigenvalue weighted by atomic mass is 32.1. The van der Waals surface area contributed by atoms with E-state index in [1.807, 2.05) is 41.8 Å². The monoisotopic (exact) mass is 351 g/mol. The van der Waals surface area contributed by atoms with Crippen molar-refractivity contribution in [2.45, 2.75) is 25.7 Å². The number of fused-ring (bicyclic) bond motifs is 1. The standard InChI is InChI=1S/C20H17NO3S/c22-19-13-17(24-20(23)18-11-6-12-25-18)15-9-4-5-10-16(15)21(19)14-7-2-1-3-8-14/h1-3,6-8,11-13H,4-5,9-10H2. The molecule has 3 aromatic rings. The molecule has 1 aliphatic rings. The molecule has 4 rings (SSSR count). The second-order valence-electron chi connectivity index (χ2n) is 6.02. The number of esters is 1. The van der Waals surface area contributed by atoms with Crippen molar-refractivity contribution in [1.29, 1.82) is 0 Å². The van der Waals surface area contributed by atoms with Crippen molar-refractivity contribution in [3.63, 3.8) is 0 Å². The van der Waals surface area contributed by atoms with Crippen molar-refractivity contribution in [2.24, 2.45) is 0 Å². The van der Waals surface area contributed by atoms with Crippen LogP contribution in [0.3, 0.4) is 0 Å². The van der Waals surface area contributed by atoms with E-state index in [2.05, 4.69) is 0 Å². The van der Waals surface area contributed by atoms with Crippen LogP contribution in [0, 0.1) is 0 Å². The van der Waals surface area contributed by atoms with Crippen LogP contribution in [0.25, 0.3) is 5.69 Å². The predicted octanol–water partition coefficient (Wildman–Crippen LogP) is 4.00. The molecule has 0 unspecified atom stereocenters. The molecule has 0 amide bonds. The highest BCUT2D eigenvalue weighted by molar-refractivity contribution is 7.12. The fraction of sp³-hybridized carbons (Fsp3) is 0.200. The molecule has 0 saturated heterocycles. The summed E-state index contributed by atoms with van der Waals surface area (Å²) in [5, 5.41) is 1.83. The summed E-state index contributed by atoms with van der Waals surface area (Å²) in [6.45, 7) is 0. The molecule has 0 spiro atoms. The summed E-state index contributed by atoms with van der Waals surface area (Å²) in [5.74, 6) is 0.00455. The van der Waals surface area contributed by atoms with Gasteiger partial charge < -0.3 is 4.74 Å². The number of ether oxygens (including phenoxy) is 1. The molecule has 4 nitrogen and oxygen atoms in total. The molecule has 0 aliphatic heterocycles. The van der Waals surface area contributed by atoms with E-state index >= 15 is 0 Å². The largest absolute Gasteiger partial charge is 0.422 e. The van der Waals surface area contributed by atoms with Gasteiger partial charge in [-0.2, -0.15) is 0 Å². The van der Waals surface area contributed by atoms with E-state index < -0.39 is 5.97 Å². The maximum atomic E-state index is 12.8. The van der Waals surface area contributed by atoms with Crippen LogP contribution in [0.1, 0.15) is 33.8 Å².